The fourth-order valence-electron chi connectivity index (χ4n) is 3.75. The Hall–Kier alpha value is -1.68. The lowest BCUT2D eigenvalue weighted by molar-refractivity contribution is 0.0149. The summed E-state index contributed by atoms with van der Waals surface area (Å²) in [6.45, 7) is 3.92. The van der Waals surface area contributed by atoms with Crippen molar-refractivity contribution in [3.05, 3.63) is 71.8 Å². The molecule has 140 valence electrons. The minimum Gasteiger partial charge on any atom is -0.389 e. The summed E-state index contributed by atoms with van der Waals surface area (Å²) in [6.07, 6.45) is 4.72. The molecule has 0 aromatic heterocycles. The monoisotopic (exact) mass is 353 g/mol. The summed E-state index contributed by atoms with van der Waals surface area (Å²) >= 11 is 0. The van der Waals surface area contributed by atoms with Crippen LogP contribution in [0.4, 0.5) is 0 Å². The van der Waals surface area contributed by atoms with Gasteiger partial charge in [-0.25, -0.2) is 0 Å². The predicted octanol–water partition coefficient (Wildman–Crippen LogP) is 4.07. The summed E-state index contributed by atoms with van der Waals surface area (Å²) in [5.41, 5.74) is 2.50. The fraction of sp³-hybridized carbons (Fsp3) is 0.478. The lowest BCUT2D eigenvalue weighted by Gasteiger charge is -2.24. The van der Waals surface area contributed by atoms with E-state index >= 15 is 0 Å². The maximum absolute atomic E-state index is 10.4. The summed E-state index contributed by atoms with van der Waals surface area (Å²) in [4.78, 5) is 2.38. The van der Waals surface area contributed by atoms with Crippen LogP contribution in [0.25, 0.3) is 0 Å². The first-order chi connectivity index (χ1) is 12.8. The minimum atomic E-state index is -0.416. The standard InChI is InChI=1S/C23H31NO2/c25-22(17-24-15-9-1-2-10-16-24)18-26-19-23(20-11-5-3-6-12-20)21-13-7-4-8-14-21/h3-8,11-14,22-23,25H,1-2,9-10,15-19H2. The van der Waals surface area contributed by atoms with Crippen LogP contribution in [0.3, 0.4) is 0 Å². The molecule has 0 bridgehead atoms. The average molecular weight is 354 g/mol. The van der Waals surface area contributed by atoms with Crippen LogP contribution in [-0.4, -0.2) is 49.0 Å². The highest BCUT2D eigenvalue weighted by molar-refractivity contribution is 5.32. The summed E-state index contributed by atoms with van der Waals surface area (Å²) in [7, 11) is 0. The molecule has 1 unspecified atom stereocenters. The quantitative estimate of drug-likeness (QED) is 0.776. The van der Waals surface area contributed by atoms with Crippen LogP contribution >= 0.6 is 0 Å². The molecule has 1 aliphatic rings. The number of ether oxygens (including phenoxy) is 1. The summed E-state index contributed by atoms with van der Waals surface area (Å²) in [6, 6.07) is 20.9. The van der Waals surface area contributed by atoms with Gasteiger partial charge in [0.05, 0.1) is 19.3 Å². The largest absolute Gasteiger partial charge is 0.389 e. The van der Waals surface area contributed by atoms with E-state index in [1.807, 2.05) is 12.1 Å². The van der Waals surface area contributed by atoms with Crippen molar-refractivity contribution in [1.82, 2.24) is 4.90 Å². The molecule has 1 fully saturated rings. The Morgan fingerprint density at radius 2 is 1.31 bits per heavy atom. The van der Waals surface area contributed by atoms with Gasteiger partial charge in [0, 0.05) is 12.5 Å². The van der Waals surface area contributed by atoms with Crippen molar-refractivity contribution in [2.24, 2.45) is 0 Å². The molecular weight excluding hydrogens is 322 g/mol. The molecule has 0 aliphatic carbocycles. The number of benzene rings is 2. The van der Waals surface area contributed by atoms with Crippen LogP contribution in [-0.2, 0) is 4.74 Å². The number of nitrogens with zero attached hydrogens (tertiary/aromatic N) is 1. The third-order valence-corrected chi connectivity index (χ3v) is 5.17. The van der Waals surface area contributed by atoms with E-state index in [0.29, 0.717) is 13.2 Å². The van der Waals surface area contributed by atoms with Crippen LogP contribution in [0.15, 0.2) is 60.7 Å². The van der Waals surface area contributed by atoms with Crippen molar-refractivity contribution in [2.75, 3.05) is 32.8 Å². The Kier molecular flexibility index (Phi) is 7.68. The van der Waals surface area contributed by atoms with Gasteiger partial charge in [0.25, 0.3) is 0 Å². The third-order valence-electron chi connectivity index (χ3n) is 5.17. The molecule has 3 nitrogen and oxygen atoms in total. The van der Waals surface area contributed by atoms with Gasteiger partial charge in [0.2, 0.25) is 0 Å². The zero-order chi connectivity index (χ0) is 18.0. The lowest BCUT2D eigenvalue weighted by atomic mass is 9.92. The van der Waals surface area contributed by atoms with Crippen molar-refractivity contribution in [3.63, 3.8) is 0 Å². The number of rotatable bonds is 8. The van der Waals surface area contributed by atoms with E-state index in [9.17, 15) is 5.11 Å². The van der Waals surface area contributed by atoms with E-state index in [2.05, 4.69) is 53.4 Å². The smallest absolute Gasteiger partial charge is 0.0900 e. The first-order valence-corrected chi connectivity index (χ1v) is 9.91. The molecule has 1 atom stereocenters. The Bertz CT molecular complexity index is 569. The van der Waals surface area contributed by atoms with E-state index in [1.54, 1.807) is 0 Å². The van der Waals surface area contributed by atoms with Crippen LogP contribution in [0.5, 0.6) is 0 Å². The van der Waals surface area contributed by atoms with Crippen molar-refractivity contribution in [1.29, 1.82) is 0 Å². The highest BCUT2D eigenvalue weighted by Gasteiger charge is 2.17. The van der Waals surface area contributed by atoms with E-state index in [1.165, 1.54) is 36.8 Å². The molecule has 1 heterocycles. The highest BCUT2D eigenvalue weighted by Crippen LogP contribution is 2.24. The van der Waals surface area contributed by atoms with E-state index in [4.69, 9.17) is 4.74 Å². The van der Waals surface area contributed by atoms with Gasteiger partial charge >= 0.3 is 0 Å². The number of hydrogen-bond acceptors (Lipinski definition) is 3. The molecule has 2 aromatic carbocycles. The zero-order valence-electron chi connectivity index (χ0n) is 15.6. The van der Waals surface area contributed by atoms with Gasteiger partial charge in [0.1, 0.15) is 0 Å². The summed E-state index contributed by atoms with van der Waals surface area (Å²) in [5, 5.41) is 10.4. The summed E-state index contributed by atoms with van der Waals surface area (Å²) < 4.78 is 5.96. The van der Waals surface area contributed by atoms with Crippen molar-refractivity contribution in [2.45, 2.75) is 37.7 Å². The second-order valence-corrected chi connectivity index (χ2v) is 7.28. The molecule has 1 aliphatic heterocycles. The number of likely N-dealkylation sites (tertiary alicyclic amines) is 1. The van der Waals surface area contributed by atoms with E-state index < -0.39 is 6.10 Å². The number of aliphatic hydroxyl groups excluding tert-OH is 1. The zero-order valence-corrected chi connectivity index (χ0v) is 15.6. The number of β-amino-alcohol motifs (C(OH)–C–C–N with tert-alkyl or cyclic N) is 1. The van der Waals surface area contributed by atoms with Crippen LogP contribution in [0, 0.1) is 0 Å². The first-order valence-electron chi connectivity index (χ1n) is 9.91. The fourth-order valence-corrected chi connectivity index (χ4v) is 3.75. The Morgan fingerprint density at radius 3 is 1.85 bits per heavy atom. The van der Waals surface area contributed by atoms with Crippen LogP contribution in [0.2, 0.25) is 0 Å². The molecule has 3 heteroatoms. The molecule has 3 rings (SSSR count). The van der Waals surface area contributed by atoms with Gasteiger partial charge in [-0.2, -0.15) is 0 Å². The van der Waals surface area contributed by atoms with Gasteiger partial charge in [-0.1, -0.05) is 73.5 Å². The predicted molar refractivity (Wildman–Crippen MR) is 106 cm³/mol. The van der Waals surface area contributed by atoms with Crippen molar-refractivity contribution >= 4 is 0 Å². The van der Waals surface area contributed by atoms with Crippen LogP contribution < -0.4 is 0 Å². The Labute approximate surface area is 157 Å². The lowest BCUT2D eigenvalue weighted by Crippen LogP contribution is -2.35. The molecule has 0 spiro atoms. The van der Waals surface area contributed by atoms with Gasteiger partial charge in [-0.3, -0.25) is 0 Å². The molecule has 2 aromatic rings. The highest BCUT2D eigenvalue weighted by atomic mass is 16.5. The molecule has 0 amide bonds. The average Bonchev–Trinajstić information content (AvgIpc) is 2.95. The summed E-state index contributed by atoms with van der Waals surface area (Å²) in [5.74, 6) is 0.197. The van der Waals surface area contributed by atoms with E-state index in [-0.39, 0.29) is 5.92 Å². The van der Waals surface area contributed by atoms with Crippen molar-refractivity contribution < 1.29 is 9.84 Å². The van der Waals surface area contributed by atoms with Gasteiger partial charge in [-0.05, 0) is 37.1 Å². The van der Waals surface area contributed by atoms with Crippen LogP contribution in [0.1, 0.15) is 42.7 Å². The molecule has 0 radical (unpaired) electrons. The van der Waals surface area contributed by atoms with Crippen molar-refractivity contribution in [3.8, 4) is 0 Å². The second kappa shape index (κ2) is 10.5. The SMILES string of the molecule is OC(COCC(c1ccccc1)c1ccccc1)CN1CCCCCC1. The topological polar surface area (TPSA) is 32.7 Å². The first kappa shape index (κ1) is 19.1. The second-order valence-electron chi connectivity index (χ2n) is 7.28. The number of aliphatic hydroxyl groups is 1. The maximum atomic E-state index is 10.4. The third kappa shape index (κ3) is 5.94. The normalized spacial score (nSPS) is 17.2. The molecular formula is C23H31NO2. The molecule has 0 saturated carbocycles. The Morgan fingerprint density at radius 1 is 0.769 bits per heavy atom. The van der Waals surface area contributed by atoms with Gasteiger partial charge in [0.15, 0.2) is 0 Å². The molecule has 26 heavy (non-hydrogen) atoms. The maximum Gasteiger partial charge on any atom is 0.0900 e. The molecule has 1 N–H and O–H groups in total. The molecule has 1 saturated heterocycles. The Balaban J connectivity index is 1.53. The van der Waals surface area contributed by atoms with Gasteiger partial charge in [-0.15, -0.1) is 0 Å². The minimum absolute atomic E-state index is 0.197. The number of hydrogen-bond donors (Lipinski definition) is 1. The van der Waals surface area contributed by atoms with E-state index in [0.717, 1.165) is 19.6 Å². The van der Waals surface area contributed by atoms with Gasteiger partial charge < -0.3 is 14.7 Å².